The summed E-state index contributed by atoms with van der Waals surface area (Å²) in [5.41, 5.74) is 2.49. The fourth-order valence-corrected chi connectivity index (χ4v) is 2.29. The van der Waals surface area contributed by atoms with Gasteiger partial charge in [-0.05, 0) is 39.6 Å². The average molecular weight is 276 g/mol. The number of aryl methyl sites for hydroxylation is 2. The fourth-order valence-electron chi connectivity index (χ4n) is 2.29. The number of hydrogen-bond donors (Lipinski definition) is 1. The molecule has 2 aromatic rings. The topological polar surface area (TPSA) is 41.5 Å². The lowest BCUT2D eigenvalue weighted by Gasteiger charge is -2.15. The van der Waals surface area contributed by atoms with Gasteiger partial charge in [0.25, 0.3) is 0 Å². The van der Waals surface area contributed by atoms with E-state index in [1.54, 1.807) is 6.26 Å². The van der Waals surface area contributed by atoms with E-state index in [1.165, 1.54) is 11.1 Å². The van der Waals surface area contributed by atoms with E-state index >= 15 is 0 Å². The summed E-state index contributed by atoms with van der Waals surface area (Å²) < 4.78 is 11.1. The van der Waals surface area contributed by atoms with Crippen LogP contribution in [-0.2, 0) is 19.6 Å². The second-order valence-corrected chi connectivity index (χ2v) is 5.25. The van der Waals surface area contributed by atoms with Crippen LogP contribution in [0.15, 0.2) is 27.2 Å². The highest BCUT2D eigenvalue weighted by atomic mass is 16.3. The van der Waals surface area contributed by atoms with E-state index < -0.39 is 0 Å². The minimum Gasteiger partial charge on any atom is -0.469 e. The molecule has 0 atom stereocenters. The van der Waals surface area contributed by atoms with Gasteiger partial charge in [-0.2, -0.15) is 0 Å². The largest absolute Gasteiger partial charge is 0.469 e. The second kappa shape index (κ2) is 6.77. The molecule has 0 saturated carbocycles. The first-order chi connectivity index (χ1) is 9.60. The molecule has 0 spiro atoms. The van der Waals surface area contributed by atoms with E-state index in [9.17, 15) is 0 Å². The molecule has 0 aliphatic heterocycles. The van der Waals surface area contributed by atoms with Crippen molar-refractivity contribution in [1.82, 2.24) is 10.2 Å². The van der Waals surface area contributed by atoms with E-state index in [1.807, 2.05) is 19.9 Å². The number of furan rings is 2. The summed E-state index contributed by atoms with van der Waals surface area (Å²) in [7, 11) is 2.11. The third kappa shape index (κ3) is 3.74. The number of nitrogens with zero attached hydrogens (tertiary/aromatic N) is 1. The van der Waals surface area contributed by atoms with Crippen LogP contribution in [0.1, 0.15) is 35.3 Å². The van der Waals surface area contributed by atoms with Gasteiger partial charge in [-0.1, -0.05) is 6.92 Å². The number of rotatable bonds is 7. The molecule has 0 bridgehead atoms. The van der Waals surface area contributed by atoms with Gasteiger partial charge < -0.3 is 14.2 Å². The Balaban J connectivity index is 1.95. The average Bonchev–Trinajstić information content (AvgIpc) is 2.95. The highest BCUT2D eigenvalue weighted by Crippen LogP contribution is 2.18. The quantitative estimate of drug-likeness (QED) is 0.843. The van der Waals surface area contributed by atoms with Crippen molar-refractivity contribution in [1.29, 1.82) is 0 Å². The predicted octanol–water partition coefficient (Wildman–Crippen LogP) is 3.23. The minimum atomic E-state index is 0.794. The van der Waals surface area contributed by atoms with Crippen LogP contribution in [0.4, 0.5) is 0 Å². The van der Waals surface area contributed by atoms with Crippen LogP contribution < -0.4 is 5.32 Å². The van der Waals surface area contributed by atoms with Crippen molar-refractivity contribution in [2.75, 3.05) is 13.6 Å². The Morgan fingerprint density at radius 3 is 2.55 bits per heavy atom. The Morgan fingerprint density at radius 2 is 1.90 bits per heavy atom. The first kappa shape index (κ1) is 14.9. The lowest BCUT2D eigenvalue weighted by atomic mass is 10.2. The molecule has 0 amide bonds. The normalized spacial score (nSPS) is 11.4. The van der Waals surface area contributed by atoms with Crippen molar-refractivity contribution in [3.63, 3.8) is 0 Å². The van der Waals surface area contributed by atoms with Crippen molar-refractivity contribution in [2.45, 2.75) is 40.4 Å². The highest BCUT2D eigenvalue weighted by Gasteiger charge is 2.11. The minimum absolute atomic E-state index is 0.794. The van der Waals surface area contributed by atoms with E-state index in [4.69, 9.17) is 8.83 Å². The second-order valence-electron chi connectivity index (χ2n) is 5.25. The van der Waals surface area contributed by atoms with Crippen LogP contribution in [0.5, 0.6) is 0 Å². The van der Waals surface area contributed by atoms with E-state index in [0.717, 1.165) is 43.5 Å². The molecule has 2 rings (SSSR count). The van der Waals surface area contributed by atoms with Gasteiger partial charge in [0.05, 0.1) is 12.8 Å². The molecule has 1 N–H and O–H groups in total. The first-order valence-electron chi connectivity index (χ1n) is 7.10. The van der Waals surface area contributed by atoms with Gasteiger partial charge in [0.2, 0.25) is 0 Å². The van der Waals surface area contributed by atoms with Crippen molar-refractivity contribution in [3.8, 4) is 0 Å². The molecular formula is C16H24N2O2. The van der Waals surface area contributed by atoms with Gasteiger partial charge in [-0.15, -0.1) is 0 Å². The van der Waals surface area contributed by atoms with Crippen LogP contribution in [0.25, 0.3) is 0 Å². The van der Waals surface area contributed by atoms with Crippen LogP contribution in [0.3, 0.4) is 0 Å². The molecule has 0 radical (unpaired) electrons. The summed E-state index contributed by atoms with van der Waals surface area (Å²) in [6.07, 6.45) is 1.75. The van der Waals surface area contributed by atoms with Gasteiger partial charge in [0.15, 0.2) is 0 Å². The molecule has 4 nitrogen and oxygen atoms in total. The summed E-state index contributed by atoms with van der Waals surface area (Å²) in [5.74, 6) is 3.01. The Morgan fingerprint density at radius 1 is 1.15 bits per heavy atom. The predicted molar refractivity (Wildman–Crippen MR) is 79.4 cm³/mol. The van der Waals surface area contributed by atoms with Crippen LogP contribution >= 0.6 is 0 Å². The summed E-state index contributed by atoms with van der Waals surface area (Å²) in [6, 6.07) is 4.18. The van der Waals surface area contributed by atoms with Crippen LogP contribution in [0, 0.1) is 13.8 Å². The molecule has 0 aliphatic carbocycles. The molecule has 0 aromatic carbocycles. The molecule has 2 heterocycles. The molecule has 4 heteroatoms. The van der Waals surface area contributed by atoms with E-state index in [2.05, 4.69) is 30.3 Å². The maximum atomic E-state index is 5.77. The van der Waals surface area contributed by atoms with Gasteiger partial charge in [0, 0.05) is 24.2 Å². The summed E-state index contributed by atoms with van der Waals surface area (Å²) in [5, 5.41) is 3.28. The summed E-state index contributed by atoms with van der Waals surface area (Å²) in [4.78, 5) is 2.27. The Labute approximate surface area is 120 Å². The van der Waals surface area contributed by atoms with E-state index in [0.29, 0.717) is 0 Å². The lowest BCUT2D eigenvalue weighted by Crippen LogP contribution is -2.17. The third-order valence-corrected chi connectivity index (χ3v) is 3.47. The third-order valence-electron chi connectivity index (χ3n) is 3.47. The monoisotopic (exact) mass is 276 g/mol. The van der Waals surface area contributed by atoms with Gasteiger partial charge in [-0.25, -0.2) is 0 Å². The number of hydrogen-bond acceptors (Lipinski definition) is 4. The molecule has 0 fully saturated rings. The molecule has 20 heavy (non-hydrogen) atoms. The zero-order valence-electron chi connectivity index (χ0n) is 12.8. The van der Waals surface area contributed by atoms with Crippen molar-refractivity contribution in [2.24, 2.45) is 0 Å². The van der Waals surface area contributed by atoms with Crippen molar-refractivity contribution < 1.29 is 8.83 Å². The SMILES string of the molecule is CCNCc1cc(CN(C)Cc2ccoc2C)c(C)o1. The Bertz CT molecular complexity index is 542. The van der Waals surface area contributed by atoms with Crippen LogP contribution in [0.2, 0.25) is 0 Å². The summed E-state index contributed by atoms with van der Waals surface area (Å²) >= 11 is 0. The fraction of sp³-hybridized carbons (Fsp3) is 0.500. The smallest absolute Gasteiger partial charge is 0.118 e. The van der Waals surface area contributed by atoms with Gasteiger partial charge in [0.1, 0.15) is 17.3 Å². The molecule has 110 valence electrons. The summed E-state index contributed by atoms with van der Waals surface area (Å²) in [6.45, 7) is 9.64. The maximum Gasteiger partial charge on any atom is 0.118 e. The first-order valence-corrected chi connectivity index (χ1v) is 7.10. The lowest BCUT2D eigenvalue weighted by molar-refractivity contribution is 0.313. The van der Waals surface area contributed by atoms with E-state index in [-0.39, 0.29) is 0 Å². The Hall–Kier alpha value is -1.52. The standard InChI is InChI=1S/C16H24N2O2/c1-5-17-9-16-8-15(13(3)20-16)11-18(4)10-14-6-7-19-12(14)2/h6-8,17H,5,9-11H2,1-4H3. The molecular weight excluding hydrogens is 252 g/mol. The zero-order valence-corrected chi connectivity index (χ0v) is 12.8. The van der Waals surface area contributed by atoms with Crippen LogP contribution in [-0.4, -0.2) is 18.5 Å². The molecule has 0 saturated heterocycles. The molecule has 0 unspecified atom stereocenters. The highest BCUT2D eigenvalue weighted by molar-refractivity contribution is 5.21. The van der Waals surface area contributed by atoms with Gasteiger partial charge >= 0.3 is 0 Å². The zero-order chi connectivity index (χ0) is 14.5. The molecule has 2 aromatic heterocycles. The Kier molecular flexibility index (Phi) is 5.04. The van der Waals surface area contributed by atoms with Gasteiger partial charge in [-0.3, -0.25) is 4.90 Å². The number of nitrogens with one attached hydrogen (secondary N) is 1. The van der Waals surface area contributed by atoms with Crippen molar-refractivity contribution >= 4 is 0 Å². The van der Waals surface area contributed by atoms with Crippen molar-refractivity contribution in [3.05, 3.63) is 46.8 Å². The maximum absolute atomic E-state index is 5.77. The molecule has 0 aliphatic rings.